The molecule has 158 valence electrons. The van der Waals surface area contributed by atoms with Gasteiger partial charge >= 0.3 is 0 Å². The lowest BCUT2D eigenvalue weighted by Gasteiger charge is -2.14. The van der Waals surface area contributed by atoms with Crippen LogP contribution in [-0.4, -0.2) is 15.9 Å². The topological polar surface area (TPSA) is 108 Å². The SMILES string of the molecule is Cc1cccc(Oc2ncccc2NC(=O)CCc2c(C)[nH]c(=O)c(C#N)c2C)c1C. The van der Waals surface area contributed by atoms with Crippen LogP contribution in [0.4, 0.5) is 5.69 Å². The van der Waals surface area contributed by atoms with Crippen LogP contribution in [0.5, 0.6) is 11.6 Å². The lowest BCUT2D eigenvalue weighted by atomic mass is 9.99. The Morgan fingerprint density at radius 1 is 1.16 bits per heavy atom. The first-order valence-corrected chi connectivity index (χ1v) is 9.93. The van der Waals surface area contributed by atoms with Crippen molar-refractivity contribution in [2.24, 2.45) is 0 Å². The minimum atomic E-state index is -0.408. The van der Waals surface area contributed by atoms with E-state index in [9.17, 15) is 14.9 Å². The van der Waals surface area contributed by atoms with Crippen LogP contribution in [0.1, 0.15) is 39.9 Å². The third-order valence-corrected chi connectivity index (χ3v) is 5.33. The van der Waals surface area contributed by atoms with Crippen LogP contribution in [0.15, 0.2) is 41.3 Å². The van der Waals surface area contributed by atoms with Crippen molar-refractivity contribution in [1.29, 1.82) is 5.26 Å². The largest absolute Gasteiger partial charge is 0.437 e. The fourth-order valence-corrected chi connectivity index (χ4v) is 3.38. The van der Waals surface area contributed by atoms with E-state index in [1.165, 1.54) is 0 Å². The Labute approximate surface area is 180 Å². The highest BCUT2D eigenvalue weighted by Gasteiger charge is 2.15. The zero-order valence-corrected chi connectivity index (χ0v) is 18.0. The molecule has 0 aliphatic heterocycles. The summed E-state index contributed by atoms with van der Waals surface area (Å²) in [5, 5.41) is 12.1. The number of nitrogens with zero attached hydrogens (tertiary/aromatic N) is 2. The summed E-state index contributed by atoms with van der Waals surface area (Å²) in [6.07, 6.45) is 2.17. The molecule has 1 amide bonds. The Hall–Kier alpha value is -3.92. The molecule has 0 fully saturated rings. The van der Waals surface area contributed by atoms with Gasteiger partial charge in [-0.15, -0.1) is 0 Å². The van der Waals surface area contributed by atoms with Gasteiger partial charge < -0.3 is 15.0 Å². The van der Waals surface area contributed by atoms with Crippen LogP contribution in [0.2, 0.25) is 0 Å². The minimum Gasteiger partial charge on any atom is -0.437 e. The Morgan fingerprint density at radius 2 is 1.94 bits per heavy atom. The van der Waals surface area contributed by atoms with Crippen LogP contribution in [-0.2, 0) is 11.2 Å². The molecule has 3 aromatic rings. The van der Waals surface area contributed by atoms with Crippen LogP contribution >= 0.6 is 0 Å². The number of rotatable bonds is 6. The van der Waals surface area contributed by atoms with Crippen molar-refractivity contribution in [2.75, 3.05) is 5.32 Å². The number of aromatic amines is 1. The van der Waals surface area contributed by atoms with E-state index in [1.807, 2.05) is 38.1 Å². The maximum atomic E-state index is 12.6. The molecule has 1 aromatic carbocycles. The molecule has 0 unspecified atom stereocenters. The van der Waals surface area contributed by atoms with E-state index in [0.717, 1.165) is 16.7 Å². The third kappa shape index (κ3) is 4.81. The van der Waals surface area contributed by atoms with Gasteiger partial charge in [0.1, 0.15) is 23.1 Å². The summed E-state index contributed by atoms with van der Waals surface area (Å²) in [5.74, 6) is 0.771. The number of hydrogen-bond acceptors (Lipinski definition) is 5. The molecular weight excluding hydrogens is 392 g/mol. The molecule has 7 nitrogen and oxygen atoms in total. The average molecular weight is 416 g/mol. The zero-order valence-electron chi connectivity index (χ0n) is 18.0. The number of ether oxygens (including phenoxy) is 1. The second kappa shape index (κ2) is 9.26. The fraction of sp³-hybridized carbons (Fsp3) is 0.250. The van der Waals surface area contributed by atoms with E-state index in [4.69, 9.17) is 4.74 Å². The van der Waals surface area contributed by atoms with Gasteiger partial charge in [-0.25, -0.2) is 4.98 Å². The van der Waals surface area contributed by atoms with Crippen molar-refractivity contribution in [3.8, 4) is 17.7 Å². The first-order valence-electron chi connectivity index (χ1n) is 9.93. The van der Waals surface area contributed by atoms with E-state index < -0.39 is 5.56 Å². The predicted octanol–water partition coefficient (Wildman–Crippen LogP) is 4.24. The van der Waals surface area contributed by atoms with Gasteiger partial charge in [-0.1, -0.05) is 12.1 Å². The van der Waals surface area contributed by atoms with Crippen LogP contribution in [0, 0.1) is 39.0 Å². The molecular formula is C24H24N4O3. The fourth-order valence-electron chi connectivity index (χ4n) is 3.38. The van der Waals surface area contributed by atoms with Gasteiger partial charge in [0.2, 0.25) is 11.8 Å². The van der Waals surface area contributed by atoms with E-state index in [1.54, 1.807) is 32.2 Å². The lowest BCUT2D eigenvalue weighted by molar-refractivity contribution is -0.116. The smallest absolute Gasteiger partial charge is 0.266 e. The van der Waals surface area contributed by atoms with Crippen LogP contribution in [0.25, 0.3) is 0 Å². The maximum Gasteiger partial charge on any atom is 0.266 e. The number of H-pyrrole nitrogens is 1. The molecule has 0 bridgehead atoms. The number of nitriles is 1. The van der Waals surface area contributed by atoms with Gasteiger partial charge in [0.25, 0.3) is 5.56 Å². The third-order valence-electron chi connectivity index (χ3n) is 5.33. The molecule has 31 heavy (non-hydrogen) atoms. The highest BCUT2D eigenvalue weighted by Crippen LogP contribution is 2.30. The number of pyridine rings is 2. The first-order chi connectivity index (χ1) is 14.8. The molecule has 7 heteroatoms. The second-order valence-corrected chi connectivity index (χ2v) is 7.37. The van der Waals surface area contributed by atoms with Gasteiger partial charge in [0.05, 0.1) is 0 Å². The zero-order chi connectivity index (χ0) is 22.5. The van der Waals surface area contributed by atoms with Crippen molar-refractivity contribution in [2.45, 2.75) is 40.5 Å². The predicted molar refractivity (Wildman–Crippen MR) is 118 cm³/mol. The number of anilines is 1. The number of aromatic nitrogens is 2. The quantitative estimate of drug-likeness (QED) is 0.625. The Balaban J connectivity index is 1.75. The summed E-state index contributed by atoms with van der Waals surface area (Å²) >= 11 is 0. The van der Waals surface area contributed by atoms with Crippen molar-refractivity contribution in [3.63, 3.8) is 0 Å². The first kappa shape index (κ1) is 21.8. The minimum absolute atomic E-state index is 0.0810. The average Bonchev–Trinajstić information content (AvgIpc) is 2.72. The normalized spacial score (nSPS) is 10.4. The van der Waals surface area contributed by atoms with Crippen molar-refractivity contribution in [3.05, 3.63) is 80.4 Å². The number of carbonyl (C=O) groups is 1. The van der Waals surface area contributed by atoms with E-state index in [0.29, 0.717) is 35.0 Å². The molecule has 2 heterocycles. The Kier molecular flexibility index (Phi) is 6.51. The van der Waals surface area contributed by atoms with Crippen molar-refractivity contribution >= 4 is 11.6 Å². The molecule has 2 N–H and O–H groups in total. The summed E-state index contributed by atoms with van der Waals surface area (Å²) in [4.78, 5) is 31.4. The van der Waals surface area contributed by atoms with Gasteiger partial charge in [-0.05, 0) is 74.6 Å². The summed E-state index contributed by atoms with van der Waals surface area (Å²) in [7, 11) is 0. The number of benzene rings is 1. The van der Waals surface area contributed by atoms with Crippen LogP contribution < -0.4 is 15.6 Å². The number of nitrogens with one attached hydrogen (secondary N) is 2. The molecule has 0 aliphatic rings. The van der Waals surface area contributed by atoms with Gasteiger partial charge in [0.15, 0.2) is 0 Å². The summed E-state index contributed by atoms with van der Waals surface area (Å²) in [6.45, 7) is 7.46. The standard InChI is InChI=1S/C24H24N4O3/c1-14-7-5-9-21(15(14)2)31-24-20(8-6-12-26-24)28-22(29)11-10-18-16(3)19(13-25)23(30)27-17(18)4/h5-9,12H,10-11H2,1-4H3,(H,27,30)(H,28,29). The molecule has 2 aromatic heterocycles. The summed E-state index contributed by atoms with van der Waals surface area (Å²) in [6, 6.07) is 11.1. The van der Waals surface area contributed by atoms with Crippen LogP contribution in [0.3, 0.4) is 0 Å². The molecule has 0 saturated heterocycles. The Bertz CT molecular complexity index is 1240. The highest BCUT2D eigenvalue weighted by molar-refractivity contribution is 5.92. The van der Waals surface area contributed by atoms with E-state index in [2.05, 4.69) is 15.3 Å². The van der Waals surface area contributed by atoms with E-state index in [-0.39, 0.29) is 17.9 Å². The van der Waals surface area contributed by atoms with Crippen molar-refractivity contribution in [1.82, 2.24) is 9.97 Å². The second-order valence-electron chi connectivity index (χ2n) is 7.37. The number of amides is 1. The highest BCUT2D eigenvalue weighted by atomic mass is 16.5. The molecule has 0 spiro atoms. The molecule has 3 rings (SSSR count). The van der Waals surface area contributed by atoms with Crippen molar-refractivity contribution < 1.29 is 9.53 Å². The van der Waals surface area contributed by atoms with E-state index >= 15 is 0 Å². The summed E-state index contributed by atoms with van der Waals surface area (Å²) < 4.78 is 5.96. The number of hydrogen-bond donors (Lipinski definition) is 2. The number of carbonyl (C=O) groups excluding carboxylic acids is 1. The monoisotopic (exact) mass is 416 g/mol. The maximum absolute atomic E-state index is 12.6. The summed E-state index contributed by atoms with van der Waals surface area (Å²) in [5.41, 5.74) is 4.31. The molecule has 0 saturated carbocycles. The molecule has 0 radical (unpaired) electrons. The lowest BCUT2D eigenvalue weighted by Crippen LogP contribution is -2.18. The van der Waals surface area contributed by atoms with Gasteiger partial charge in [0, 0.05) is 18.3 Å². The molecule has 0 atom stereocenters. The van der Waals surface area contributed by atoms with Gasteiger partial charge in [-0.3, -0.25) is 9.59 Å². The Morgan fingerprint density at radius 3 is 2.68 bits per heavy atom. The molecule has 0 aliphatic carbocycles. The van der Waals surface area contributed by atoms with Gasteiger partial charge in [-0.2, -0.15) is 5.26 Å². The number of aryl methyl sites for hydroxylation is 2.